The van der Waals surface area contributed by atoms with Gasteiger partial charge in [-0.3, -0.25) is 4.79 Å². The third kappa shape index (κ3) is 2.85. The van der Waals surface area contributed by atoms with Crippen LogP contribution in [0.15, 0.2) is 24.3 Å². The standard InChI is InChI=1S/C16H19NO3/c1-16(2,3)15(19)6-5-11-7-10-8-14(20-4)13(18)9-12(10)17-11/h5-9,17-18H,1-4H3/b6-5+. The second-order valence-corrected chi connectivity index (χ2v) is 5.78. The van der Waals surface area contributed by atoms with Gasteiger partial charge in [0, 0.05) is 28.1 Å². The quantitative estimate of drug-likeness (QED) is 0.841. The number of rotatable bonds is 3. The molecule has 1 heterocycles. The van der Waals surface area contributed by atoms with Gasteiger partial charge < -0.3 is 14.8 Å². The predicted octanol–water partition coefficient (Wildman–Crippen LogP) is 3.51. The minimum absolute atomic E-state index is 0.0663. The van der Waals surface area contributed by atoms with Crippen LogP contribution in [-0.2, 0) is 4.79 Å². The molecule has 1 aromatic carbocycles. The second kappa shape index (κ2) is 5.04. The first-order valence-corrected chi connectivity index (χ1v) is 6.43. The first-order valence-electron chi connectivity index (χ1n) is 6.43. The van der Waals surface area contributed by atoms with E-state index in [4.69, 9.17) is 4.74 Å². The molecule has 2 N–H and O–H groups in total. The van der Waals surface area contributed by atoms with Crippen LogP contribution >= 0.6 is 0 Å². The van der Waals surface area contributed by atoms with E-state index in [1.807, 2.05) is 26.8 Å². The number of ketones is 1. The number of carbonyl (C=O) groups is 1. The molecule has 0 aliphatic heterocycles. The number of methoxy groups -OCH3 is 1. The van der Waals surface area contributed by atoms with Crippen molar-refractivity contribution in [2.24, 2.45) is 5.41 Å². The number of carbonyl (C=O) groups excluding carboxylic acids is 1. The van der Waals surface area contributed by atoms with Crippen molar-refractivity contribution in [1.82, 2.24) is 4.98 Å². The van der Waals surface area contributed by atoms with Crippen molar-refractivity contribution in [2.75, 3.05) is 7.11 Å². The van der Waals surface area contributed by atoms with Gasteiger partial charge in [0.05, 0.1) is 7.11 Å². The maximum absolute atomic E-state index is 11.8. The highest BCUT2D eigenvalue weighted by atomic mass is 16.5. The van der Waals surface area contributed by atoms with Crippen molar-refractivity contribution in [3.05, 3.63) is 30.0 Å². The number of aromatic hydroxyl groups is 1. The minimum Gasteiger partial charge on any atom is -0.504 e. The summed E-state index contributed by atoms with van der Waals surface area (Å²) in [6.45, 7) is 5.65. The Balaban J connectivity index is 2.33. The number of hydrogen-bond donors (Lipinski definition) is 2. The molecule has 0 amide bonds. The number of ether oxygens (including phenoxy) is 1. The number of nitrogens with one attached hydrogen (secondary N) is 1. The number of aromatic nitrogens is 1. The van der Waals surface area contributed by atoms with E-state index in [1.165, 1.54) is 7.11 Å². The van der Waals surface area contributed by atoms with Crippen LogP contribution in [0, 0.1) is 5.41 Å². The number of allylic oxidation sites excluding steroid dienone is 1. The summed E-state index contributed by atoms with van der Waals surface area (Å²) in [5, 5.41) is 10.6. The average molecular weight is 273 g/mol. The van der Waals surface area contributed by atoms with E-state index >= 15 is 0 Å². The van der Waals surface area contributed by atoms with Crippen molar-refractivity contribution < 1.29 is 14.6 Å². The number of phenols is 1. The van der Waals surface area contributed by atoms with Crippen molar-refractivity contribution >= 4 is 22.8 Å². The molecule has 106 valence electrons. The van der Waals surface area contributed by atoms with Crippen molar-refractivity contribution in [1.29, 1.82) is 0 Å². The monoisotopic (exact) mass is 273 g/mol. The fourth-order valence-electron chi connectivity index (χ4n) is 1.84. The lowest BCUT2D eigenvalue weighted by Gasteiger charge is -2.12. The van der Waals surface area contributed by atoms with Gasteiger partial charge >= 0.3 is 0 Å². The van der Waals surface area contributed by atoms with Crippen molar-refractivity contribution in [2.45, 2.75) is 20.8 Å². The Kier molecular flexibility index (Phi) is 3.57. The molecule has 0 aliphatic rings. The molecule has 20 heavy (non-hydrogen) atoms. The zero-order chi connectivity index (χ0) is 14.9. The zero-order valence-electron chi connectivity index (χ0n) is 12.2. The van der Waals surface area contributed by atoms with Gasteiger partial charge in [-0.1, -0.05) is 20.8 Å². The highest BCUT2D eigenvalue weighted by Crippen LogP contribution is 2.31. The minimum atomic E-state index is -0.385. The number of aromatic amines is 1. The summed E-state index contributed by atoms with van der Waals surface area (Å²) in [4.78, 5) is 15.0. The molecule has 2 aromatic rings. The van der Waals surface area contributed by atoms with Gasteiger partial charge in [0.1, 0.15) is 0 Å². The summed E-state index contributed by atoms with van der Waals surface area (Å²) in [7, 11) is 1.51. The first-order chi connectivity index (χ1) is 9.31. The van der Waals surface area contributed by atoms with E-state index in [0.717, 1.165) is 16.6 Å². The fourth-order valence-corrected chi connectivity index (χ4v) is 1.84. The van der Waals surface area contributed by atoms with Crippen LogP contribution in [0.25, 0.3) is 17.0 Å². The number of hydrogen-bond acceptors (Lipinski definition) is 3. The van der Waals surface area contributed by atoms with Gasteiger partial charge in [0.15, 0.2) is 17.3 Å². The second-order valence-electron chi connectivity index (χ2n) is 5.78. The first kappa shape index (κ1) is 14.2. The third-order valence-electron chi connectivity index (χ3n) is 3.09. The van der Waals surface area contributed by atoms with Crippen LogP contribution in [-0.4, -0.2) is 23.0 Å². The fraction of sp³-hybridized carbons (Fsp3) is 0.312. The Hall–Kier alpha value is -2.23. The molecule has 4 nitrogen and oxygen atoms in total. The molecule has 2 rings (SSSR count). The molecule has 4 heteroatoms. The van der Waals surface area contributed by atoms with Gasteiger partial charge in [0.2, 0.25) is 0 Å². The largest absolute Gasteiger partial charge is 0.504 e. The topological polar surface area (TPSA) is 62.3 Å². The van der Waals surface area contributed by atoms with Crippen LogP contribution in [0.4, 0.5) is 0 Å². The van der Waals surface area contributed by atoms with Crippen molar-refractivity contribution in [3.8, 4) is 11.5 Å². The lowest BCUT2D eigenvalue weighted by atomic mass is 9.90. The van der Waals surface area contributed by atoms with Gasteiger partial charge in [-0.15, -0.1) is 0 Å². The summed E-state index contributed by atoms with van der Waals surface area (Å²) >= 11 is 0. The Morgan fingerprint density at radius 2 is 2.00 bits per heavy atom. The molecule has 0 spiro atoms. The van der Waals surface area contributed by atoms with Crippen molar-refractivity contribution in [3.63, 3.8) is 0 Å². The van der Waals surface area contributed by atoms with Crippen LogP contribution < -0.4 is 4.74 Å². The number of benzene rings is 1. The molecule has 0 saturated heterocycles. The molecule has 0 bridgehead atoms. The summed E-state index contributed by atoms with van der Waals surface area (Å²) < 4.78 is 5.07. The van der Waals surface area contributed by atoms with Gasteiger partial charge in [0.25, 0.3) is 0 Å². The normalized spacial score (nSPS) is 12.2. The molecule has 0 atom stereocenters. The van der Waals surface area contributed by atoms with Crippen LogP contribution in [0.2, 0.25) is 0 Å². The molecule has 0 aliphatic carbocycles. The summed E-state index contributed by atoms with van der Waals surface area (Å²) in [5.41, 5.74) is 1.22. The molecular weight excluding hydrogens is 254 g/mol. The Bertz CT molecular complexity index is 675. The predicted molar refractivity (Wildman–Crippen MR) is 80.0 cm³/mol. The Morgan fingerprint density at radius 1 is 1.30 bits per heavy atom. The Morgan fingerprint density at radius 3 is 2.60 bits per heavy atom. The number of fused-ring (bicyclic) bond motifs is 1. The smallest absolute Gasteiger partial charge is 0.161 e. The van der Waals surface area contributed by atoms with Gasteiger partial charge in [-0.05, 0) is 24.3 Å². The van der Waals surface area contributed by atoms with Crippen LogP contribution in [0.3, 0.4) is 0 Å². The van der Waals surface area contributed by atoms with E-state index in [1.54, 1.807) is 24.3 Å². The Labute approximate surface area is 118 Å². The highest BCUT2D eigenvalue weighted by molar-refractivity contribution is 5.97. The molecule has 0 fully saturated rings. The third-order valence-corrected chi connectivity index (χ3v) is 3.09. The molecule has 0 unspecified atom stereocenters. The van der Waals surface area contributed by atoms with E-state index in [9.17, 15) is 9.90 Å². The summed E-state index contributed by atoms with van der Waals surface area (Å²) in [5.74, 6) is 0.581. The van der Waals surface area contributed by atoms with Crippen LogP contribution in [0.5, 0.6) is 11.5 Å². The molecule has 0 saturated carbocycles. The number of phenolic OH excluding ortho intramolecular Hbond substituents is 1. The lowest BCUT2D eigenvalue weighted by Crippen LogP contribution is -2.17. The maximum atomic E-state index is 11.8. The zero-order valence-corrected chi connectivity index (χ0v) is 12.2. The summed E-state index contributed by atoms with van der Waals surface area (Å²) in [6.07, 6.45) is 3.32. The molecule has 0 radical (unpaired) electrons. The average Bonchev–Trinajstić information content (AvgIpc) is 2.75. The SMILES string of the molecule is COc1cc2cc(/C=C/C(=O)C(C)(C)C)[nH]c2cc1O. The van der Waals surface area contributed by atoms with Gasteiger partial charge in [-0.2, -0.15) is 0 Å². The van der Waals surface area contributed by atoms with E-state index in [2.05, 4.69) is 4.98 Å². The van der Waals surface area contributed by atoms with Gasteiger partial charge in [-0.25, -0.2) is 0 Å². The van der Waals surface area contributed by atoms with E-state index in [-0.39, 0.29) is 16.9 Å². The van der Waals surface area contributed by atoms with E-state index in [0.29, 0.717) is 5.75 Å². The maximum Gasteiger partial charge on any atom is 0.161 e. The summed E-state index contributed by atoms with van der Waals surface area (Å²) in [6, 6.07) is 5.27. The van der Waals surface area contributed by atoms with E-state index < -0.39 is 0 Å². The lowest BCUT2D eigenvalue weighted by molar-refractivity contribution is -0.121. The van der Waals surface area contributed by atoms with Crippen LogP contribution in [0.1, 0.15) is 26.5 Å². The molecule has 1 aromatic heterocycles. The highest BCUT2D eigenvalue weighted by Gasteiger charge is 2.18. The molecular formula is C16H19NO3. The number of H-pyrrole nitrogens is 1.